The number of sulfonamides is 1. The molecule has 0 saturated carbocycles. The van der Waals surface area contributed by atoms with Crippen LogP contribution in [0.1, 0.15) is 0 Å². The second kappa shape index (κ2) is 7.83. The van der Waals surface area contributed by atoms with Gasteiger partial charge >= 0.3 is 0 Å². The Labute approximate surface area is 150 Å². The molecular formula is C16H17N3O6S. The highest BCUT2D eigenvalue weighted by molar-refractivity contribution is 7.92. The maximum absolute atomic E-state index is 12.3. The summed E-state index contributed by atoms with van der Waals surface area (Å²) in [4.78, 5) is 22.5. The van der Waals surface area contributed by atoms with Crippen molar-refractivity contribution >= 4 is 33.0 Å². The number of methoxy groups -OCH3 is 1. The Balaban J connectivity index is 2.24. The van der Waals surface area contributed by atoms with E-state index >= 15 is 0 Å². The number of benzene rings is 2. The van der Waals surface area contributed by atoms with Gasteiger partial charge in [0.05, 0.1) is 24.0 Å². The number of hydrogen-bond acceptors (Lipinski definition) is 6. The third-order valence-electron chi connectivity index (χ3n) is 3.37. The zero-order chi connectivity index (χ0) is 19.3. The van der Waals surface area contributed by atoms with Crippen LogP contribution in [0.3, 0.4) is 0 Å². The maximum atomic E-state index is 12.3. The monoisotopic (exact) mass is 379 g/mol. The molecule has 138 valence electrons. The summed E-state index contributed by atoms with van der Waals surface area (Å²) in [6.07, 6.45) is 0.921. The minimum absolute atomic E-state index is 0.0301. The molecule has 1 amide bonds. The van der Waals surface area contributed by atoms with Crippen LogP contribution in [0.15, 0.2) is 48.5 Å². The van der Waals surface area contributed by atoms with E-state index in [-0.39, 0.29) is 11.4 Å². The van der Waals surface area contributed by atoms with Gasteiger partial charge in [-0.05, 0) is 18.2 Å². The Morgan fingerprint density at radius 3 is 2.54 bits per heavy atom. The van der Waals surface area contributed by atoms with Gasteiger partial charge in [-0.2, -0.15) is 0 Å². The molecule has 2 aromatic carbocycles. The van der Waals surface area contributed by atoms with Gasteiger partial charge in [-0.25, -0.2) is 8.42 Å². The van der Waals surface area contributed by atoms with Crippen molar-refractivity contribution in [2.45, 2.75) is 0 Å². The van der Waals surface area contributed by atoms with Crippen LogP contribution in [0.5, 0.6) is 5.75 Å². The topological polar surface area (TPSA) is 119 Å². The van der Waals surface area contributed by atoms with Crippen LogP contribution in [0.2, 0.25) is 0 Å². The quantitative estimate of drug-likeness (QED) is 0.580. The average molecular weight is 379 g/mol. The lowest BCUT2D eigenvalue weighted by Gasteiger charge is -2.21. The molecule has 9 nitrogen and oxygen atoms in total. The first kappa shape index (κ1) is 19.2. The third kappa shape index (κ3) is 4.93. The van der Waals surface area contributed by atoms with Crippen molar-refractivity contribution in [1.82, 2.24) is 0 Å². The summed E-state index contributed by atoms with van der Waals surface area (Å²) in [5, 5.41) is 13.5. The van der Waals surface area contributed by atoms with Crippen molar-refractivity contribution < 1.29 is 22.9 Å². The number of carbonyl (C=O) groups is 1. The molecule has 0 fully saturated rings. The summed E-state index contributed by atoms with van der Waals surface area (Å²) in [5.74, 6) is -0.0726. The van der Waals surface area contributed by atoms with Crippen molar-refractivity contribution in [3.63, 3.8) is 0 Å². The Bertz CT molecular complexity index is 929. The first-order valence-corrected chi connectivity index (χ1v) is 9.21. The number of hydrogen-bond donors (Lipinski definition) is 1. The number of nitrogens with zero attached hydrogens (tertiary/aromatic N) is 2. The van der Waals surface area contributed by atoms with Gasteiger partial charge in [0.2, 0.25) is 15.9 Å². The summed E-state index contributed by atoms with van der Waals surface area (Å²) in [7, 11) is -2.35. The van der Waals surface area contributed by atoms with Crippen molar-refractivity contribution in [2.75, 3.05) is 29.5 Å². The lowest BCUT2D eigenvalue weighted by Crippen LogP contribution is -2.37. The Hall–Kier alpha value is -3.14. The second-order valence-corrected chi connectivity index (χ2v) is 7.23. The summed E-state index contributed by atoms with van der Waals surface area (Å²) in [6, 6.07) is 11.6. The highest BCUT2D eigenvalue weighted by Crippen LogP contribution is 2.23. The first-order valence-electron chi connectivity index (χ1n) is 7.37. The predicted molar refractivity (Wildman–Crippen MR) is 96.9 cm³/mol. The van der Waals surface area contributed by atoms with Crippen molar-refractivity contribution in [3.05, 3.63) is 58.6 Å². The molecule has 0 aromatic heterocycles. The lowest BCUT2D eigenvalue weighted by atomic mass is 10.2. The van der Waals surface area contributed by atoms with E-state index < -0.39 is 27.4 Å². The largest absolute Gasteiger partial charge is 0.497 e. The summed E-state index contributed by atoms with van der Waals surface area (Å²) in [6.45, 7) is -0.531. The highest BCUT2D eigenvalue weighted by atomic mass is 32.2. The summed E-state index contributed by atoms with van der Waals surface area (Å²) >= 11 is 0. The third-order valence-corrected chi connectivity index (χ3v) is 4.51. The zero-order valence-electron chi connectivity index (χ0n) is 14.1. The molecule has 0 aliphatic rings. The summed E-state index contributed by atoms with van der Waals surface area (Å²) in [5.41, 5.74) is 0.189. The van der Waals surface area contributed by atoms with Gasteiger partial charge in [0.15, 0.2) is 0 Å². The van der Waals surface area contributed by atoms with Gasteiger partial charge in [-0.1, -0.05) is 12.1 Å². The molecular weight excluding hydrogens is 362 g/mol. The zero-order valence-corrected chi connectivity index (χ0v) is 14.9. The molecule has 0 heterocycles. The molecule has 0 spiro atoms. The van der Waals surface area contributed by atoms with Crippen molar-refractivity contribution in [1.29, 1.82) is 0 Å². The van der Waals surface area contributed by atoms with E-state index in [1.54, 1.807) is 24.3 Å². The molecule has 2 rings (SSSR count). The minimum atomic E-state index is -3.84. The molecule has 1 N–H and O–H groups in total. The maximum Gasteiger partial charge on any atom is 0.271 e. The molecule has 0 saturated heterocycles. The smallest absolute Gasteiger partial charge is 0.271 e. The van der Waals surface area contributed by atoms with Gasteiger partial charge in [0.1, 0.15) is 12.3 Å². The van der Waals surface area contributed by atoms with Crippen LogP contribution >= 0.6 is 0 Å². The van der Waals surface area contributed by atoms with E-state index in [0.717, 1.165) is 16.6 Å². The molecule has 26 heavy (non-hydrogen) atoms. The van der Waals surface area contributed by atoms with Gasteiger partial charge in [-0.3, -0.25) is 19.2 Å². The summed E-state index contributed by atoms with van der Waals surface area (Å²) < 4.78 is 30.0. The van der Waals surface area contributed by atoms with E-state index in [4.69, 9.17) is 4.74 Å². The van der Waals surface area contributed by atoms with Gasteiger partial charge in [0, 0.05) is 23.9 Å². The van der Waals surface area contributed by atoms with Crippen LogP contribution in [0, 0.1) is 10.1 Å². The number of rotatable bonds is 7. The molecule has 10 heteroatoms. The lowest BCUT2D eigenvalue weighted by molar-refractivity contribution is -0.384. The van der Waals surface area contributed by atoms with Crippen LogP contribution in [0.4, 0.5) is 17.1 Å². The Kier molecular flexibility index (Phi) is 5.78. The number of nitro groups is 1. The number of non-ortho nitro benzene ring substituents is 1. The fourth-order valence-corrected chi connectivity index (χ4v) is 3.04. The molecule has 0 aliphatic heterocycles. The first-order chi connectivity index (χ1) is 12.2. The Morgan fingerprint density at radius 2 is 1.92 bits per heavy atom. The van der Waals surface area contributed by atoms with Gasteiger partial charge < -0.3 is 10.1 Å². The van der Waals surface area contributed by atoms with E-state index in [2.05, 4.69) is 5.32 Å². The van der Waals surface area contributed by atoms with E-state index in [1.165, 1.54) is 25.3 Å². The van der Waals surface area contributed by atoms with Crippen molar-refractivity contribution in [3.8, 4) is 5.75 Å². The molecule has 0 radical (unpaired) electrons. The second-order valence-electron chi connectivity index (χ2n) is 5.33. The normalized spacial score (nSPS) is 10.8. The molecule has 0 bridgehead atoms. The fourth-order valence-electron chi connectivity index (χ4n) is 2.19. The van der Waals surface area contributed by atoms with E-state index in [9.17, 15) is 23.3 Å². The average Bonchev–Trinajstić information content (AvgIpc) is 2.59. The van der Waals surface area contributed by atoms with E-state index in [1.807, 2.05) is 0 Å². The number of nitro benzene ring substituents is 1. The predicted octanol–water partition coefficient (Wildman–Crippen LogP) is 2.01. The Morgan fingerprint density at radius 1 is 1.23 bits per heavy atom. The molecule has 2 aromatic rings. The SMILES string of the molecule is COc1cccc(NC(=O)CN(c2cccc([N+](=O)[O-])c2)S(C)(=O)=O)c1. The molecule has 0 unspecified atom stereocenters. The number of ether oxygens (including phenoxy) is 1. The number of amides is 1. The minimum Gasteiger partial charge on any atom is -0.497 e. The van der Waals surface area contributed by atoms with Crippen LogP contribution in [-0.4, -0.2) is 39.2 Å². The number of anilines is 2. The van der Waals surface area contributed by atoms with E-state index in [0.29, 0.717) is 11.4 Å². The standard InChI is InChI=1S/C16H17N3O6S/c1-25-15-8-3-5-12(9-15)17-16(20)11-18(26(2,23)24)13-6-4-7-14(10-13)19(21)22/h3-10H,11H2,1-2H3,(H,17,20). The van der Waals surface area contributed by atoms with Crippen LogP contribution in [0.25, 0.3) is 0 Å². The fraction of sp³-hybridized carbons (Fsp3) is 0.188. The van der Waals surface area contributed by atoms with Gasteiger partial charge in [0.25, 0.3) is 5.69 Å². The number of nitrogens with one attached hydrogen (secondary N) is 1. The van der Waals surface area contributed by atoms with Crippen molar-refractivity contribution in [2.24, 2.45) is 0 Å². The number of carbonyl (C=O) groups excluding carboxylic acids is 1. The van der Waals surface area contributed by atoms with Gasteiger partial charge in [-0.15, -0.1) is 0 Å². The van der Waals surface area contributed by atoms with Crippen LogP contribution in [-0.2, 0) is 14.8 Å². The molecule has 0 aliphatic carbocycles. The van der Waals surface area contributed by atoms with Crippen LogP contribution < -0.4 is 14.4 Å². The highest BCUT2D eigenvalue weighted by Gasteiger charge is 2.22. The molecule has 0 atom stereocenters.